The maximum absolute atomic E-state index is 12.4. The second-order valence-electron chi connectivity index (χ2n) is 6.33. The van der Waals surface area contributed by atoms with Crippen LogP contribution in [0.3, 0.4) is 0 Å². The van der Waals surface area contributed by atoms with Crippen LogP contribution in [0.1, 0.15) is 13.3 Å². The molecule has 2 aromatic rings. The van der Waals surface area contributed by atoms with E-state index in [9.17, 15) is 8.42 Å². The topological polar surface area (TPSA) is 67.9 Å². The van der Waals surface area contributed by atoms with Crippen molar-refractivity contribution in [2.45, 2.75) is 31.0 Å². The molecular formula is C16H23N3O4S2. The fourth-order valence-corrected chi connectivity index (χ4v) is 4.07. The van der Waals surface area contributed by atoms with Crippen molar-refractivity contribution >= 4 is 33.3 Å². The van der Waals surface area contributed by atoms with E-state index in [4.69, 9.17) is 21.4 Å². The van der Waals surface area contributed by atoms with E-state index in [1.165, 1.54) is 18.4 Å². The lowest BCUT2D eigenvalue weighted by Gasteiger charge is -2.32. The summed E-state index contributed by atoms with van der Waals surface area (Å²) >= 11 is 5.35. The van der Waals surface area contributed by atoms with Crippen molar-refractivity contribution in [3.05, 3.63) is 23.0 Å². The van der Waals surface area contributed by atoms with Crippen molar-refractivity contribution in [1.82, 2.24) is 13.8 Å². The molecule has 1 unspecified atom stereocenters. The molecule has 1 fully saturated rings. The number of nitrogens with zero attached hydrogens (tertiary/aromatic N) is 3. The first-order valence-corrected chi connectivity index (χ1v) is 10.1. The molecule has 0 radical (unpaired) electrons. The highest BCUT2D eigenvalue weighted by Gasteiger charge is 2.22. The minimum Gasteiger partial charge on any atom is -0.429 e. The zero-order valence-electron chi connectivity index (χ0n) is 14.6. The second-order valence-corrected chi connectivity index (χ2v) is 8.83. The van der Waals surface area contributed by atoms with Gasteiger partial charge < -0.3 is 9.15 Å². The molecule has 1 aliphatic rings. The summed E-state index contributed by atoms with van der Waals surface area (Å²) < 4.78 is 39.2. The van der Waals surface area contributed by atoms with Crippen LogP contribution >= 0.6 is 12.2 Å². The zero-order valence-corrected chi connectivity index (χ0v) is 16.3. The minimum atomic E-state index is -3.51. The molecule has 0 saturated carbocycles. The number of ether oxygens (including phenoxy) is 1. The first-order chi connectivity index (χ1) is 11.8. The Balaban J connectivity index is 1.97. The van der Waals surface area contributed by atoms with Crippen LogP contribution in [0.2, 0.25) is 0 Å². The molecule has 0 amide bonds. The van der Waals surface area contributed by atoms with Crippen molar-refractivity contribution < 1.29 is 17.6 Å². The Labute approximate surface area is 152 Å². The SMILES string of the molecule is CCC1CN(Cn2c(=S)oc3ccc(S(=O)(=O)N(C)C)cc32)CCO1. The van der Waals surface area contributed by atoms with Crippen LogP contribution in [-0.4, -0.2) is 62.1 Å². The average Bonchev–Trinajstić information content (AvgIpc) is 2.90. The Morgan fingerprint density at radius 2 is 2.12 bits per heavy atom. The van der Waals surface area contributed by atoms with Crippen LogP contribution in [0.5, 0.6) is 0 Å². The van der Waals surface area contributed by atoms with Crippen LogP contribution in [0.4, 0.5) is 0 Å². The maximum Gasteiger partial charge on any atom is 0.270 e. The average molecular weight is 386 g/mol. The molecule has 1 atom stereocenters. The van der Waals surface area contributed by atoms with Crippen LogP contribution in [0, 0.1) is 4.84 Å². The smallest absolute Gasteiger partial charge is 0.270 e. The van der Waals surface area contributed by atoms with Gasteiger partial charge in [-0.25, -0.2) is 12.7 Å². The van der Waals surface area contributed by atoms with Crippen molar-refractivity contribution in [3.63, 3.8) is 0 Å². The predicted octanol–water partition coefficient (Wildman–Crippen LogP) is 2.28. The largest absolute Gasteiger partial charge is 0.429 e. The predicted molar refractivity (Wildman–Crippen MR) is 97.5 cm³/mol. The third kappa shape index (κ3) is 3.65. The number of sulfonamides is 1. The first kappa shape index (κ1) is 18.5. The third-order valence-electron chi connectivity index (χ3n) is 4.44. The molecule has 1 saturated heterocycles. The van der Waals surface area contributed by atoms with E-state index in [1.54, 1.807) is 18.2 Å². The van der Waals surface area contributed by atoms with Gasteiger partial charge in [-0.2, -0.15) is 0 Å². The summed E-state index contributed by atoms with van der Waals surface area (Å²) in [6, 6.07) is 4.83. The van der Waals surface area contributed by atoms with Crippen molar-refractivity contribution in [2.24, 2.45) is 0 Å². The molecule has 1 aromatic heterocycles. The summed E-state index contributed by atoms with van der Waals surface area (Å²) in [5.41, 5.74) is 1.27. The van der Waals surface area contributed by atoms with E-state index in [0.717, 1.165) is 19.5 Å². The molecule has 0 N–H and O–H groups in total. The number of morpholine rings is 1. The summed E-state index contributed by atoms with van der Waals surface area (Å²) in [6.07, 6.45) is 1.17. The zero-order chi connectivity index (χ0) is 18.2. The highest BCUT2D eigenvalue weighted by atomic mass is 32.2. The third-order valence-corrected chi connectivity index (χ3v) is 6.55. The van der Waals surface area contributed by atoms with E-state index in [2.05, 4.69) is 11.8 Å². The maximum atomic E-state index is 12.4. The van der Waals surface area contributed by atoms with Crippen molar-refractivity contribution in [3.8, 4) is 0 Å². The van der Waals surface area contributed by atoms with Gasteiger partial charge in [0.25, 0.3) is 4.84 Å². The number of aromatic nitrogens is 1. The number of benzene rings is 1. The molecule has 2 heterocycles. The monoisotopic (exact) mass is 385 g/mol. The van der Waals surface area contributed by atoms with E-state index in [1.807, 2.05) is 4.57 Å². The van der Waals surface area contributed by atoms with Gasteiger partial charge in [0, 0.05) is 27.2 Å². The van der Waals surface area contributed by atoms with Gasteiger partial charge >= 0.3 is 0 Å². The first-order valence-electron chi connectivity index (χ1n) is 8.22. The Bertz CT molecular complexity index is 917. The van der Waals surface area contributed by atoms with Gasteiger partial charge in [-0.05, 0) is 36.8 Å². The number of hydrogen-bond donors (Lipinski definition) is 0. The summed E-state index contributed by atoms with van der Waals surface area (Å²) in [5, 5.41) is 0. The van der Waals surface area contributed by atoms with Crippen molar-refractivity contribution in [1.29, 1.82) is 0 Å². The molecule has 0 spiro atoms. The fourth-order valence-electron chi connectivity index (χ4n) is 2.90. The molecular weight excluding hydrogens is 362 g/mol. The van der Waals surface area contributed by atoms with Crippen LogP contribution in [0.15, 0.2) is 27.5 Å². The van der Waals surface area contributed by atoms with Gasteiger partial charge in [-0.3, -0.25) is 9.47 Å². The number of rotatable bonds is 5. The van der Waals surface area contributed by atoms with E-state index >= 15 is 0 Å². The van der Waals surface area contributed by atoms with E-state index in [-0.39, 0.29) is 11.0 Å². The van der Waals surface area contributed by atoms with Gasteiger partial charge in [-0.1, -0.05) is 6.92 Å². The molecule has 0 aliphatic carbocycles. The van der Waals surface area contributed by atoms with Gasteiger partial charge in [-0.15, -0.1) is 0 Å². The number of oxazole rings is 1. The molecule has 9 heteroatoms. The fraction of sp³-hybridized carbons (Fsp3) is 0.562. The molecule has 25 heavy (non-hydrogen) atoms. The Morgan fingerprint density at radius 3 is 2.80 bits per heavy atom. The lowest BCUT2D eigenvalue weighted by atomic mass is 10.2. The van der Waals surface area contributed by atoms with Crippen LogP contribution < -0.4 is 0 Å². The van der Waals surface area contributed by atoms with E-state index in [0.29, 0.717) is 29.2 Å². The lowest BCUT2D eigenvalue weighted by Crippen LogP contribution is -2.42. The van der Waals surface area contributed by atoms with Crippen molar-refractivity contribution in [2.75, 3.05) is 33.8 Å². The summed E-state index contributed by atoms with van der Waals surface area (Å²) in [5.74, 6) is 0. The molecule has 0 bridgehead atoms. The number of hydrogen-bond acceptors (Lipinski definition) is 6. The minimum absolute atomic E-state index is 0.214. The van der Waals surface area contributed by atoms with Gasteiger partial charge in [0.1, 0.15) is 0 Å². The highest BCUT2D eigenvalue weighted by molar-refractivity contribution is 7.89. The standard InChI is InChI=1S/C16H23N3O4S2/c1-4-12-10-18(7-8-22-12)11-19-14-9-13(25(20,21)17(2)3)5-6-15(14)23-16(19)24/h5-6,9,12H,4,7-8,10-11H2,1-3H3. The van der Waals surface area contributed by atoms with Gasteiger partial charge in [0.15, 0.2) is 5.58 Å². The van der Waals surface area contributed by atoms with E-state index < -0.39 is 10.0 Å². The Hall–Kier alpha value is -1.26. The number of fused-ring (bicyclic) bond motifs is 1. The molecule has 7 nitrogen and oxygen atoms in total. The molecule has 3 rings (SSSR count). The molecule has 138 valence electrons. The summed E-state index contributed by atoms with van der Waals surface area (Å²) in [7, 11) is -0.483. The van der Waals surface area contributed by atoms with Gasteiger partial charge in [0.2, 0.25) is 10.0 Å². The second kappa shape index (κ2) is 7.16. The Morgan fingerprint density at radius 1 is 1.36 bits per heavy atom. The van der Waals surface area contributed by atoms with Gasteiger partial charge in [0.05, 0.1) is 29.8 Å². The summed E-state index contributed by atoms with van der Waals surface area (Å²) in [6.45, 7) is 4.96. The normalized spacial score (nSPS) is 19.8. The summed E-state index contributed by atoms with van der Waals surface area (Å²) in [4.78, 5) is 2.81. The molecule has 1 aromatic carbocycles. The highest BCUT2D eigenvalue weighted by Crippen LogP contribution is 2.24. The van der Waals surface area contributed by atoms with Crippen LogP contribution in [-0.2, 0) is 21.4 Å². The molecule has 1 aliphatic heterocycles. The quantitative estimate of drug-likeness (QED) is 0.736. The van der Waals surface area contributed by atoms with Crippen LogP contribution in [0.25, 0.3) is 11.1 Å². The lowest BCUT2D eigenvalue weighted by molar-refractivity contribution is -0.0397. The Kier molecular flexibility index (Phi) is 5.31.